The highest BCUT2D eigenvalue weighted by Gasteiger charge is 2.29. The molecule has 0 saturated carbocycles. The van der Waals surface area contributed by atoms with Crippen molar-refractivity contribution in [1.29, 1.82) is 0 Å². The van der Waals surface area contributed by atoms with Crippen LogP contribution in [0.25, 0.3) is 0 Å². The molecule has 1 aromatic carbocycles. The number of nitrogens with zero attached hydrogens (tertiary/aromatic N) is 2. The van der Waals surface area contributed by atoms with Crippen molar-refractivity contribution in [2.24, 2.45) is 14.1 Å². The Labute approximate surface area is 138 Å². The summed E-state index contributed by atoms with van der Waals surface area (Å²) in [6.45, 7) is 0.371. The van der Waals surface area contributed by atoms with E-state index in [0.717, 1.165) is 15.3 Å². The Kier molecular flexibility index (Phi) is 4.06. The van der Waals surface area contributed by atoms with Gasteiger partial charge in [-0.15, -0.1) is 0 Å². The fourth-order valence-electron chi connectivity index (χ4n) is 2.67. The van der Waals surface area contributed by atoms with E-state index >= 15 is 0 Å². The van der Waals surface area contributed by atoms with Crippen LogP contribution in [0.5, 0.6) is 5.75 Å². The quantitative estimate of drug-likeness (QED) is 0.831. The molecule has 0 unspecified atom stereocenters. The van der Waals surface area contributed by atoms with Crippen molar-refractivity contribution in [1.82, 2.24) is 13.9 Å². The maximum Gasteiger partial charge on any atom is 0.330 e. The summed E-state index contributed by atoms with van der Waals surface area (Å²) in [5, 5.41) is 0. The van der Waals surface area contributed by atoms with Crippen molar-refractivity contribution in [2.45, 2.75) is 17.4 Å². The van der Waals surface area contributed by atoms with Crippen LogP contribution in [0.1, 0.15) is 18.0 Å². The number of sulfonamides is 1. The standard InChI is InChI=1S/C15H17N3O5S/c1-17-9-13(14(19)18(2)15(17)20)24(21,22)16-11-7-8-23-12-6-4-3-5-10(11)12/h3-6,9,11,16H,7-8H2,1-2H3/t11-/m1/s1. The summed E-state index contributed by atoms with van der Waals surface area (Å²) in [6.07, 6.45) is 1.49. The Morgan fingerprint density at radius 1 is 1.21 bits per heavy atom. The van der Waals surface area contributed by atoms with Gasteiger partial charge in [-0.25, -0.2) is 17.9 Å². The van der Waals surface area contributed by atoms with Crippen LogP contribution < -0.4 is 20.7 Å². The average molecular weight is 351 g/mol. The molecule has 2 aromatic rings. The van der Waals surface area contributed by atoms with E-state index in [4.69, 9.17) is 4.74 Å². The molecule has 1 aliphatic rings. The third-order valence-corrected chi connectivity index (χ3v) is 5.41. The number of fused-ring (bicyclic) bond motifs is 1. The Morgan fingerprint density at radius 3 is 2.67 bits per heavy atom. The van der Waals surface area contributed by atoms with Crippen molar-refractivity contribution >= 4 is 10.0 Å². The van der Waals surface area contributed by atoms with Gasteiger partial charge in [0, 0.05) is 32.3 Å². The monoisotopic (exact) mass is 351 g/mol. The normalized spacial score (nSPS) is 17.2. The van der Waals surface area contributed by atoms with Gasteiger partial charge in [0.1, 0.15) is 5.75 Å². The highest BCUT2D eigenvalue weighted by Crippen LogP contribution is 2.32. The molecule has 9 heteroatoms. The second-order valence-corrected chi connectivity index (χ2v) is 7.28. The van der Waals surface area contributed by atoms with E-state index in [-0.39, 0.29) is 0 Å². The highest BCUT2D eigenvalue weighted by molar-refractivity contribution is 7.89. The largest absolute Gasteiger partial charge is 0.493 e. The lowest BCUT2D eigenvalue weighted by Crippen LogP contribution is -2.42. The predicted molar refractivity (Wildman–Crippen MR) is 86.5 cm³/mol. The van der Waals surface area contributed by atoms with Crippen molar-refractivity contribution < 1.29 is 13.2 Å². The van der Waals surface area contributed by atoms with Gasteiger partial charge in [-0.1, -0.05) is 18.2 Å². The van der Waals surface area contributed by atoms with Crippen LogP contribution in [0.4, 0.5) is 0 Å². The van der Waals surface area contributed by atoms with Gasteiger partial charge in [-0.2, -0.15) is 0 Å². The molecule has 1 aromatic heterocycles. The van der Waals surface area contributed by atoms with Gasteiger partial charge in [-0.3, -0.25) is 9.36 Å². The summed E-state index contributed by atoms with van der Waals surface area (Å²) < 4.78 is 35.2. The Bertz CT molecular complexity index is 1010. The van der Waals surface area contributed by atoms with Gasteiger partial charge in [0.15, 0.2) is 4.90 Å². The third-order valence-electron chi connectivity index (χ3n) is 3.96. The third kappa shape index (κ3) is 2.76. The fourth-order valence-corrected chi connectivity index (χ4v) is 4.08. The van der Waals surface area contributed by atoms with E-state index in [9.17, 15) is 18.0 Å². The van der Waals surface area contributed by atoms with Crippen molar-refractivity contribution in [2.75, 3.05) is 6.61 Å². The van der Waals surface area contributed by atoms with Crippen molar-refractivity contribution in [3.8, 4) is 5.75 Å². The van der Waals surface area contributed by atoms with E-state index in [0.29, 0.717) is 24.3 Å². The number of para-hydroxylation sites is 1. The Hall–Kier alpha value is -2.39. The zero-order valence-corrected chi connectivity index (χ0v) is 14.0. The van der Waals surface area contributed by atoms with Crippen molar-refractivity contribution in [3.05, 3.63) is 56.9 Å². The lowest BCUT2D eigenvalue weighted by molar-refractivity contribution is 0.263. The smallest absolute Gasteiger partial charge is 0.330 e. The van der Waals surface area contributed by atoms with Crippen molar-refractivity contribution in [3.63, 3.8) is 0 Å². The summed E-state index contributed by atoms with van der Waals surface area (Å²) in [7, 11) is -1.46. The number of ether oxygens (including phenoxy) is 1. The molecule has 2 heterocycles. The van der Waals surface area contributed by atoms with Crippen LogP contribution in [0, 0.1) is 0 Å². The first-order valence-corrected chi connectivity index (χ1v) is 8.80. The minimum absolute atomic E-state index is 0.371. The Morgan fingerprint density at radius 2 is 1.92 bits per heavy atom. The number of benzene rings is 1. The lowest BCUT2D eigenvalue weighted by atomic mass is 10.0. The molecule has 1 N–H and O–H groups in total. The van der Waals surface area contributed by atoms with Crippen LogP contribution in [-0.2, 0) is 24.1 Å². The molecular formula is C15H17N3O5S. The van der Waals surface area contributed by atoms with Crippen LogP contribution in [0.2, 0.25) is 0 Å². The molecule has 0 amide bonds. The van der Waals surface area contributed by atoms with E-state index in [2.05, 4.69) is 4.72 Å². The van der Waals surface area contributed by atoms with E-state index in [1.54, 1.807) is 24.3 Å². The topological polar surface area (TPSA) is 99.4 Å². The molecule has 1 aliphatic heterocycles. The predicted octanol–water partition coefficient (Wildman–Crippen LogP) is -0.114. The molecule has 8 nitrogen and oxygen atoms in total. The number of aryl methyl sites for hydroxylation is 1. The SMILES string of the molecule is Cn1cc(S(=O)(=O)N[C@@H]2CCOc3ccccc32)c(=O)n(C)c1=O. The molecule has 0 radical (unpaired) electrons. The molecule has 3 rings (SSSR count). The van der Waals surface area contributed by atoms with Gasteiger partial charge >= 0.3 is 5.69 Å². The summed E-state index contributed by atoms with van der Waals surface area (Å²) in [6, 6.07) is 6.64. The van der Waals surface area contributed by atoms with E-state index < -0.39 is 32.2 Å². The molecule has 0 saturated heterocycles. The molecule has 0 aliphatic carbocycles. The number of hydrogen-bond donors (Lipinski definition) is 1. The Balaban J connectivity index is 2.03. The lowest BCUT2D eigenvalue weighted by Gasteiger charge is -2.26. The zero-order valence-electron chi connectivity index (χ0n) is 13.2. The molecule has 0 bridgehead atoms. The molecule has 0 spiro atoms. The molecule has 0 fully saturated rings. The van der Waals surface area contributed by atoms with Crippen LogP contribution in [-0.4, -0.2) is 24.2 Å². The minimum atomic E-state index is -4.09. The summed E-state index contributed by atoms with van der Waals surface area (Å²) in [4.78, 5) is 23.4. The van der Waals surface area contributed by atoms with Gasteiger partial charge < -0.3 is 9.30 Å². The molecule has 1 atom stereocenters. The molecule has 128 valence electrons. The first-order chi connectivity index (χ1) is 11.3. The second-order valence-electron chi connectivity index (χ2n) is 5.60. The average Bonchev–Trinajstić information content (AvgIpc) is 2.56. The van der Waals surface area contributed by atoms with Gasteiger partial charge in [-0.05, 0) is 6.07 Å². The van der Waals surface area contributed by atoms with Gasteiger partial charge in [0.25, 0.3) is 5.56 Å². The van der Waals surface area contributed by atoms with E-state index in [1.807, 2.05) is 0 Å². The molecule has 24 heavy (non-hydrogen) atoms. The number of aromatic nitrogens is 2. The minimum Gasteiger partial charge on any atom is -0.493 e. The molecular weight excluding hydrogens is 334 g/mol. The van der Waals surface area contributed by atoms with Gasteiger partial charge in [0.05, 0.1) is 12.6 Å². The van der Waals surface area contributed by atoms with Crippen LogP contribution >= 0.6 is 0 Å². The number of hydrogen-bond acceptors (Lipinski definition) is 5. The number of nitrogens with one attached hydrogen (secondary N) is 1. The summed E-state index contributed by atoms with van der Waals surface area (Å²) in [5.41, 5.74) is -0.727. The van der Waals surface area contributed by atoms with E-state index in [1.165, 1.54) is 14.1 Å². The summed E-state index contributed by atoms with van der Waals surface area (Å²) >= 11 is 0. The first kappa shape index (κ1) is 16.5. The fraction of sp³-hybridized carbons (Fsp3) is 0.333. The van der Waals surface area contributed by atoms with Crippen LogP contribution in [0.3, 0.4) is 0 Å². The zero-order chi connectivity index (χ0) is 17.5. The van der Waals surface area contributed by atoms with Gasteiger partial charge in [0.2, 0.25) is 10.0 Å². The first-order valence-electron chi connectivity index (χ1n) is 7.32. The maximum absolute atomic E-state index is 12.7. The summed E-state index contributed by atoms with van der Waals surface area (Å²) in [5.74, 6) is 0.616. The van der Waals surface area contributed by atoms with Crippen LogP contribution in [0.15, 0.2) is 44.9 Å². The maximum atomic E-state index is 12.7. The number of rotatable bonds is 3. The highest BCUT2D eigenvalue weighted by atomic mass is 32.2. The second kappa shape index (κ2) is 5.91.